The third kappa shape index (κ3) is 3.50. The minimum atomic E-state index is -0.293. The van der Waals surface area contributed by atoms with Crippen LogP contribution in [0, 0.1) is 5.82 Å². The maximum atomic E-state index is 13.0. The number of hydrogen-bond acceptors (Lipinski definition) is 4. The molecule has 2 aromatic rings. The first kappa shape index (κ1) is 15.9. The van der Waals surface area contributed by atoms with Crippen molar-refractivity contribution in [2.45, 2.75) is 32.6 Å². The molecule has 120 valence electrons. The summed E-state index contributed by atoms with van der Waals surface area (Å²) in [6, 6.07) is 6.12. The van der Waals surface area contributed by atoms with Gasteiger partial charge in [0.25, 0.3) is 0 Å². The molecular formula is C18H18FNO2S. The number of nitrogens with zero attached hydrogens (tertiary/aromatic N) is 1. The van der Waals surface area contributed by atoms with E-state index >= 15 is 0 Å². The highest BCUT2D eigenvalue weighted by Crippen LogP contribution is 2.40. The fraction of sp³-hybridized carbons (Fsp3) is 0.333. The Kier molecular flexibility index (Phi) is 4.86. The van der Waals surface area contributed by atoms with Crippen molar-refractivity contribution in [1.29, 1.82) is 0 Å². The molecular weight excluding hydrogens is 313 g/mol. The summed E-state index contributed by atoms with van der Waals surface area (Å²) in [4.78, 5) is 18.0. The van der Waals surface area contributed by atoms with E-state index in [0.717, 1.165) is 36.8 Å². The van der Waals surface area contributed by atoms with E-state index in [1.165, 1.54) is 17.0 Å². The predicted molar refractivity (Wildman–Crippen MR) is 90.6 cm³/mol. The fourth-order valence-corrected chi connectivity index (χ4v) is 3.96. The van der Waals surface area contributed by atoms with Crippen LogP contribution in [0.2, 0.25) is 0 Å². The number of fused-ring (bicyclic) bond motifs is 1. The number of benzene rings is 1. The molecule has 1 heterocycles. The zero-order chi connectivity index (χ0) is 16.2. The van der Waals surface area contributed by atoms with Gasteiger partial charge < -0.3 is 4.74 Å². The van der Waals surface area contributed by atoms with Gasteiger partial charge in [-0.25, -0.2) is 14.2 Å². The van der Waals surface area contributed by atoms with Crippen LogP contribution in [-0.4, -0.2) is 18.8 Å². The predicted octanol–water partition coefficient (Wildman–Crippen LogP) is 4.69. The second-order valence-corrected chi connectivity index (χ2v) is 6.50. The molecule has 23 heavy (non-hydrogen) atoms. The van der Waals surface area contributed by atoms with E-state index in [4.69, 9.17) is 4.74 Å². The molecule has 1 aliphatic rings. The maximum Gasteiger partial charge on any atom is 0.341 e. The van der Waals surface area contributed by atoms with Crippen molar-refractivity contribution in [3.05, 3.63) is 51.7 Å². The minimum Gasteiger partial charge on any atom is -0.462 e. The minimum absolute atomic E-state index is 0.277. The molecule has 5 heteroatoms. The molecule has 1 aromatic carbocycles. The molecule has 1 aromatic heterocycles. The van der Waals surface area contributed by atoms with Gasteiger partial charge in [-0.1, -0.05) is 12.1 Å². The first-order valence-electron chi connectivity index (χ1n) is 7.80. The summed E-state index contributed by atoms with van der Waals surface area (Å²) in [7, 11) is 0. The second kappa shape index (κ2) is 7.04. The Morgan fingerprint density at radius 1 is 1.30 bits per heavy atom. The molecule has 0 fully saturated rings. The lowest BCUT2D eigenvalue weighted by molar-refractivity contribution is 0.0526. The number of thiophene rings is 1. The maximum absolute atomic E-state index is 13.0. The van der Waals surface area contributed by atoms with E-state index in [1.807, 2.05) is 0 Å². The van der Waals surface area contributed by atoms with Gasteiger partial charge in [0.15, 0.2) is 0 Å². The quantitative estimate of drug-likeness (QED) is 0.602. The van der Waals surface area contributed by atoms with Crippen LogP contribution in [0.25, 0.3) is 0 Å². The smallest absolute Gasteiger partial charge is 0.341 e. The van der Waals surface area contributed by atoms with Crippen molar-refractivity contribution >= 4 is 28.5 Å². The first-order valence-corrected chi connectivity index (χ1v) is 8.62. The monoisotopic (exact) mass is 331 g/mol. The van der Waals surface area contributed by atoms with E-state index in [9.17, 15) is 9.18 Å². The van der Waals surface area contributed by atoms with Crippen LogP contribution in [-0.2, 0) is 17.6 Å². The number of rotatable bonds is 4. The van der Waals surface area contributed by atoms with Crippen LogP contribution in [0.15, 0.2) is 29.3 Å². The van der Waals surface area contributed by atoms with Gasteiger partial charge in [-0.15, -0.1) is 11.3 Å². The number of aryl methyl sites for hydroxylation is 1. The van der Waals surface area contributed by atoms with Gasteiger partial charge in [0, 0.05) is 11.1 Å². The number of halogens is 1. The molecule has 3 nitrogen and oxygen atoms in total. The summed E-state index contributed by atoms with van der Waals surface area (Å²) in [5.41, 5.74) is 2.52. The van der Waals surface area contributed by atoms with Crippen LogP contribution < -0.4 is 0 Å². The molecule has 3 rings (SSSR count). The summed E-state index contributed by atoms with van der Waals surface area (Å²) < 4.78 is 18.2. The second-order valence-electron chi connectivity index (χ2n) is 5.42. The van der Waals surface area contributed by atoms with Gasteiger partial charge in [0.05, 0.1) is 12.2 Å². The van der Waals surface area contributed by atoms with E-state index in [0.29, 0.717) is 17.2 Å². The highest BCUT2D eigenvalue weighted by atomic mass is 32.1. The molecule has 0 saturated carbocycles. The zero-order valence-electron chi connectivity index (χ0n) is 13.0. The summed E-state index contributed by atoms with van der Waals surface area (Å²) in [6.45, 7) is 2.16. The van der Waals surface area contributed by atoms with E-state index in [1.54, 1.807) is 36.6 Å². The van der Waals surface area contributed by atoms with Gasteiger partial charge in [0.2, 0.25) is 0 Å². The van der Waals surface area contributed by atoms with Crippen LogP contribution in [0.5, 0.6) is 0 Å². The molecule has 0 amide bonds. The Bertz CT molecular complexity index is 734. The third-order valence-corrected chi connectivity index (χ3v) is 5.03. The summed E-state index contributed by atoms with van der Waals surface area (Å²) in [5, 5.41) is 0.694. The van der Waals surface area contributed by atoms with Crippen molar-refractivity contribution in [3.63, 3.8) is 0 Å². The molecule has 0 unspecified atom stereocenters. The number of carbonyl (C=O) groups is 1. The number of hydrogen-bond donors (Lipinski definition) is 0. The Balaban J connectivity index is 1.95. The topological polar surface area (TPSA) is 38.7 Å². The number of aliphatic imine (C=N–C) groups is 1. The van der Waals surface area contributed by atoms with Gasteiger partial charge in [-0.3, -0.25) is 0 Å². The molecule has 0 saturated heterocycles. The van der Waals surface area contributed by atoms with E-state index in [2.05, 4.69) is 4.99 Å². The molecule has 1 aliphatic carbocycles. The zero-order valence-corrected chi connectivity index (χ0v) is 13.8. The summed E-state index contributed by atoms with van der Waals surface area (Å²) >= 11 is 1.57. The Labute approximate surface area is 138 Å². The highest BCUT2D eigenvalue weighted by molar-refractivity contribution is 7.16. The molecule has 0 spiro atoms. The summed E-state index contributed by atoms with van der Waals surface area (Å²) in [6.07, 6.45) is 5.82. The average molecular weight is 331 g/mol. The van der Waals surface area contributed by atoms with Crippen molar-refractivity contribution in [3.8, 4) is 0 Å². The summed E-state index contributed by atoms with van der Waals surface area (Å²) in [5.74, 6) is -0.570. The van der Waals surface area contributed by atoms with E-state index in [-0.39, 0.29) is 11.8 Å². The van der Waals surface area contributed by atoms with Gasteiger partial charge >= 0.3 is 5.97 Å². The standard InChI is InChI=1S/C18H18FNO2S/c1-2-22-18(21)16-14-5-3-4-6-15(14)23-17(16)20-11-12-7-9-13(19)10-8-12/h7-11H,2-6H2,1H3. The normalized spacial score (nSPS) is 14.0. The Morgan fingerprint density at radius 3 is 2.78 bits per heavy atom. The van der Waals surface area contributed by atoms with Crippen LogP contribution in [0.1, 0.15) is 46.1 Å². The van der Waals surface area contributed by atoms with Gasteiger partial charge in [-0.05, 0) is 55.9 Å². The van der Waals surface area contributed by atoms with Crippen LogP contribution >= 0.6 is 11.3 Å². The van der Waals surface area contributed by atoms with Crippen molar-refractivity contribution < 1.29 is 13.9 Å². The van der Waals surface area contributed by atoms with Crippen molar-refractivity contribution in [1.82, 2.24) is 0 Å². The van der Waals surface area contributed by atoms with Crippen LogP contribution in [0.4, 0.5) is 9.39 Å². The lowest BCUT2D eigenvalue weighted by Crippen LogP contribution is -2.09. The molecule has 0 aliphatic heterocycles. The van der Waals surface area contributed by atoms with Crippen LogP contribution in [0.3, 0.4) is 0 Å². The largest absolute Gasteiger partial charge is 0.462 e. The first-order chi connectivity index (χ1) is 11.2. The highest BCUT2D eigenvalue weighted by Gasteiger charge is 2.25. The Hall–Kier alpha value is -2.01. The number of carbonyl (C=O) groups excluding carboxylic acids is 1. The van der Waals surface area contributed by atoms with Crippen molar-refractivity contribution in [2.24, 2.45) is 4.99 Å². The number of ether oxygens (including phenoxy) is 1. The SMILES string of the molecule is CCOC(=O)c1c(N=Cc2ccc(F)cc2)sc2c1CCCC2. The molecule has 0 bridgehead atoms. The lowest BCUT2D eigenvalue weighted by atomic mass is 9.95. The lowest BCUT2D eigenvalue weighted by Gasteiger charge is -2.11. The molecule has 0 radical (unpaired) electrons. The van der Waals surface area contributed by atoms with E-state index < -0.39 is 0 Å². The molecule has 0 atom stereocenters. The third-order valence-electron chi connectivity index (χ3n) is 3.83. The van der Waals surface area contributed by atoms with Gasteiger partial charge in [0.1, 0.15) is 10.8 Å². The average Bonchev–Trinajstić information content (AvgIpc) is 2.93. The number of esters is 1. The Morgan fingerprint density at radius 2 is 2.04 bits per heavy atom. The van der Waals surface area contributed by atoms with Gasteiger partial charge in [-0.2, -0.15) is 0 Å². The molecule has 0 N–H and O–H groups in total. The fourth-order valence-electron chi connectivity index (χ4n) is 2.74. The van der Waals surface area contributed by atoms with Crippen molar-refractivity contribution in [2.75, 3.05) is 6.61 Å².